The number of furan rings is 1. The molecule has 2 aromatic rings. The Kier molecular flexibility index (Phi) is 7.32. The van der Waals surface area contributed by atoms with Crippen LogP contribution in [0.5, 0.6) is 11.5 Å². The summed E-state index contributed by atoms with van der Waals surface area (Å²) in [6, 6.07) is 9.29. The lowest BCUT2D eigenvalue weighted by molar-refractivity contribution is -0.144. The van der Waals surface area contributed by atoms with Crippen LogP contribution in [0.1, 0.15) is 37.0 Å². The lowest BCUT2D eigenvalue weighted by atomic mass is 10.1. The molecule has 1 aromatic heterocycles. The summed E-state index contributed by atoms with van der Waals surface area (Å²) < 4.78 is 21.5. The van der Waals surface area contributed by atoms with E-state index in [1.807, 2.05) is 24.3 Å². The van der Waals surface area contributed by atoms with Crippen molar-refractivity contribution in [2.24, 2.45) is 5.92 Å². The third kappa shape index (κ3) is 5.43. The molecule has 1 aliphatic heterocycles. The van der Waals surface area contributed by atoms with Crippen molar-refractivity contribution in [2.45, 2.75) is 38.8 Å². The Labute approximate surface area is 188 Å². The zero-order valence-electron chi connectivity index (χ0n) is 18.5. The SMILES string of the molecule is COCCN(CC(=O)N(Cc1ccc2c(c1)OCO2)Cc1ccco1)C(=O)C1CCCC1. The number of rotatable bonds is 10. The molecule has 2 amide bonds. The van der Waals surface area contributed by atoms with Gasteiger partial charge in [-0.05, 0) is 42.7 Å². The van der Waals surface area contributed by atoms with Crippen molar-refractivity contribution in [1.82, 2.24) is 9.80 Å². The maximum Gasteiger partial charge on any atom is 0.242 e. The summed E-state index contributed by atoms with van der Waals surface area (Å²) >= 11 is 0. The quantitative estimate of drug-likeness (QED) is 0.562. The third-order valence-electron chi connectivity index (χ3n) is 6.00. The molecule has 0 saturated heterocycles. The first-order valence-corrected chi connectivity index (χ1v) is 11.1. The number of methoxy groups -OCH3 is 1. The average molecular weight is 443 g/mol. The van der Waals surface area contributed by atoms with E-state index >= 15 is 0 Å². The first-order valence-electron chi connectivity index (χ1n) is 11.1. The van der Waals surface area contributed by atoms with Gasteiger partial charge in [-0.15, -0.1) is 0 Å². The summed E-state index contributed by atoms with van der Waals surface area (Å²) in [5, 5.41) is 0. The molecule has 4 rings (SSSR count). The average Bonchev–Trinajstić information content (AvgIpc) is 3.57. The van der Waals surface area contributed by atoms with Crippen LogP contribution in [0.2, 0.25) is 0 Å². The lowest BCUT2D eigenvalue weighted by Crippen LogP contribution is -2.45. The van der Waals surface area contributed by atoms with E-state index in [1.54, 1.807) is 29.2 Å². The lowest BCUT2D eigenvalue weighted by Gasteiger charge is -2.29. The Bertz CT molecular complexity index is 907. The van der Waals surface area contributed by atoms with E-state index in [-0.39, 0.29) is 31.1 Å². The molecule has 0 unspecified atom stereocenters. The molecule has 1 fully saturated rings. The molecule has 0 N–H and O–H groups in total. The summed E-state index contributed by atoms with van der Waals surface area (Å²) in [7, 11) is 1.60. The standard InChI is InChI=1S/C24H30N2O6/c1-29-12-10-25(24(28)19-5-2-3-6-19)16-23(27)26(15-20-7-4-11-30-20)14-18-8-9-21-22(13-18)32-17-31-21/h4,7-9,11,13,19H,2-3,5-6,10,12,14-17H2,1H3. The third-order valence-corrected chi connectivity index (χ3v) is 6.00. The summed E-state index contributed by atoms with van der Waals surface area (Å²) in [6.45, 7) is 1.69. The van der Waals surface area contributed by atoms with Gasteiger partial charge in [-0.1, -0.05) is 18.9 Å². The van der Waals surface area contributed by atoms with Crippen molar-refractivity contribution in [2.75, 3.05) is 33.6 Å². The van der Waals surface area contributed by atoms with Gasteiger partial charge in [0.25, 0.3) is 0 Å². The van der Waals surface area contributed by atoms with E-state index in [1.165, 1.54) is 0 Å². The summed E-state index contributed by atoms with van der Waals surface area (Å²) in [4.78, 5) is 29.8. The molecule has 2 heterocycles. The number of carbonyl (C=O) groups is 2. The van der Waals surface area contributed by atoms with Gasteiger partial charge in [-0.3, -0.25) is 9.59 Å². The maximum absolute atomic E-state index is 13.4. The smallest absolute Gasteiger partial charge is 0.242 e. The highest BCUT2D eigenvalue weighted by atomic mass is 16.7. The summed E-state index contributed by atoms with van der Waals surface area (Å²) in [5.74, 6) is 1.98. The fraction of sp³-hybridized carbons (Fsp3) is 0.500. The number of carbonyl (C=O) groups excluding carboxylic acids is 2. The molecule has 0 atom stereocenters. The van der Waals surface area contributed by atoms with Crippen molar-refractivity contribution in [3.63, 3.8) is 0 Å². The van der Waals surface area contributed by atoms with Crippen LogP contribution in [0.3, 0.4) is 0 Å². The Morgan fingerprint density at radius 2 is 1.88 bits per heavy atom. The Morgan fingerprint density at radius 1 is 1.06 bits per heavy atom. The Balaban J connectivity index is 1.49. The monoisotopic (exact) mass is 442 g/mol. The second-order valence-electron chi connectivity index (χ2n) is 8.25. The molecular weight excluding hydrogens is 412 g/mol. The van der Waals surface area contributed by atoms with Gasteiger partial charge in [0, 0.05) is 26.1 Å². The topological polar surface area (TPSA) is 81.5 Å². The first-order chi connectivity index (χ1) is 15.6. The number of nitrogens with zero attached hydrogens (tertiary/aromatic N) is 2. The minimum absolute atomic E-state index is 0.00652. The van der Waals surface area contributed by atoms with Gasteiger partial charge in [0.2, 0.25) is 18.6 Å². The van der Waals surface area contributed by atoms with Crippen LogP contribution < -0.4 is 9.47 Å². The van der Waals surface area contributed by atoms with Crippen LogP contribution in [-0.4, -0.2) is 55.2 Å². The summed E-state index contributed by atoms with van der Waals surface area (Å²) in [6.07, 6.45) is 5.51. The van der Waals surface area contributed by atoms with Crippen molar-refractivity contribution >= 4 is 11.8 Å². The van der Waals surface area contributed by atoms with Gasteiger partial charge >= 0.3 is 0 Å². The van der Waals surface area contributed by atoms with Gasteiger partial charge in [0.1, 0.15) is 5.76 Å². The van der Waals surface area contributed by atoms with Gasteiger partial charge < -0.3 is 28.4 Å². The van der Waals surface area contributed by atoms with Gasteiger partial charge in [-0.25, -0.2) is 0 Å². The minimum Gasteiger partial charge on any atom is -0.467 e. The van der Waals surface area contributed by atoms with Crippen molar-refractivity contribution in [3.05, 3.63) is 47.9 Å². The van der Waals surface area contributed by atoms with Crippen LogP contribution in [0, 0.1) is 5.92 Å². The summed E-state index contributed by atoms with van der Waals surface area (Å²) in [5.41, 5.74) is 0.916. The zero-order valence-corrected chi connectivity index (χ0v) is 18.5. The highest BCUT2D eigenvalue weighted by Crippen LogP contribution is 2.33. The van der Waals surface area contributed by atoms with Crippen molar-refractivity contribution in [3.8, 4) is 11.5 Å². The molecule has 2 aliphatic rings. The normalized spacial score (nSPS) is 15.2. The van der Waals surface area contributed by atoms with Gasteiger partial charge in [-0.2, -0.15) is 0 Å². The molecule has 0 radical (unpaired) electrons. The van der Waals surface area contributed by atoms with E-state index in [9.17, 15) is 9.59 Å². The molecule has 1 saturated carbocycles. The van der Waals surface area contributed by atoms with E-state index in [2.05, 4.69) is 0 Å². The molecule has 0 spiro atoms. The molecule has 32 heavy (non-hydrogen) atoms. The van der Waals surface area contributed by atoms with E-state index in [0.717, 1.165) is 31.2 Å². The van der Waals surface area contributed by atoms with Crippen LogP contribution in [-0.2, 0) is 27.4 Å². The predicted molar refractivity (Wildman–Crippen MR) is 116 cm³/mol. The Hall–Kier alpha value is -3.00. The van der Waals surface area contributed by atoms with Crippen LogP contribution in [0.15, 0.2) is 41.0 Å². The highest BCUT2D eigenvalue weighted by Gasteiger charge is 2.29. The number of hydrogen-bond acceptors (Lipinski definition) is 6. The molecule has 0 bridgehead atoms. The van der Waals surface area contributed by atoms with E-state index in [4.69, 9.17) is 18.6 Å². The van der Waals surface area contributed by atoms with Crippen molar-refractivity contribution in [1.29, 1.82) is 0 Å². The van der Waals surface area contributed by atoms with Crippen LogP contribution in [0.25, 0.3) is 0 Å². The number of ether oxygens (including phenoxy) is 3. The molecule has 8 heteroatoms. The molecular formula is C24H30N2O6. The number of hydrogen-bond donors (Lipinski definition) is 0. The highest BCUT2D eigenvalue weighted by molar-refractivity contribution is 5.86. The first kappa shape index (κ1) is 22.2. The van der Waals surface area contributed by atoms with Crippen molar-refractivity contribution < 1.29 is 28.2 Å². The number of fused-ring (bicyclic) bond motifs is 1. The zero-order chi connectivity index (χ0) is 22.3. The van der Waals surface area contributed by atoms with Gasteiger partial charge in [0.05, 0.1) is 26.0 Å². The predicted octanol–water partition coefficient (Wildman–Crippen LogP) is 3.20. The minimum atomic E-state index is -0.137. The van der Waals surface area contributed by atoms with Gasteiger partial charge in [0.15, 0.2) is 11.5 Å². The van der Waals surface area contributed by atoms with E-state index in [0.29, 0.717) is 43.5 Å². The number of benzene rings is 1. The molecule has 1 aromatic carbocycles. The second-order valence-corrected chi connectivity index (χ2v) is 8.25. The molecule has 172 valence electrons. The maximum atomic E-state index is 13.4. The molecule has 8 nitrogen and oxygen atoms in total. The van der Waals surface area contributed by atoms with E-state index < -0.39 is 0 Å². The second kappa shape index (κ2) is 10.5. The fourth-order valence-electron chi connectivity index (χ4n) is 4.25. The van der Waals surface area contributed by atoms with Crippen LogP contribution in [0.4, 0.5) is 0 Å². The largest absolute Gasteiger partial charge is 0.467 e. The van der Waals surface area contributed by atoms with Crippen LogP contribution >= 0.6 is 0 Å². The number of amides is 2. The fourth-order valence-corrected chi connectivity index (χ4v) is 4.25. The Morgan fingerprint density at radius 3 is 2.62 bits per heavy atom. The molecule has 1 aliphatic carbocycles.